The number of nitrogens with two attached hydrogens (primary N) is 3. The van der Waals surface area contributed by atoms with E-state index in [4.69, 9.17) is 26.7 Å². The number of unbranched alkanes of at least 4 members (excludes halogenated alkanes) is 6. The molecule has 1 fully saturated rings. The maximum absolute atomic E-state index is 14.8. The first-order valence-corrected chi connectivity index (χ1v) is 36.4. The van der Waals surface area contributed by atoms with Gasteiger partial charge in [-0.25, -0.2) is 4.79 Å². The van der Waals surface area contributed by atoms with Crippen LogP contribution < -0.4 is 91.1 Å². The van der Waals surface area contributed by atoms with Crippen LogP contribution >= 0.6 is 0 Å². The molecule has 0 bridgehead atoms. The molecule has 43 nitrogen and oxygen atoms in total. The number of Topliss-reactive ketones (excluding diaryl/α,β-unsaturated/α-hetero) is 1. The summed E-state index contributed by atoms with van der Waals surface area (Å²) in [6.45, 7) is 1.09. The van der Waals surface area contributed by atoms with Crippen LogP contribution in [0.5, 0.6) is 5.75 Å². The number of anilines is 1. The van der Waals surface area contributed by atoms with Crippen molar-refractivity contribution in [1.82, 2.24) is 69.1 Å². The smallest absolute Gasteiger partial charge is 0.329 e. The van der Waals surface area contributed by atoms with Crippen molar-refractivity contribution in [3.8, 4) is 5.75 Å². The Bertz CT molecular complexity index is 3800. The van der Waals surface area contributed by atoms with Crippen molar-refractivity contribution < 1.29 is 131 Å². The summed E-state index contributed by atoms with van der Waals surface area (Å²) in [5.74, 6) is -29.6. The van der Waals surface area contributed by atoms with Crippen LogP contribution in [0, 0.1) is 5.92 Å². The van der Waals surface area contributed by atoms with Gasteiger partial charge < -0.3 is 121 Å². The van der Waals surface area contributed by atoms with Gasteiger partial charge in [0.2, 0.25) is 82.7 Å². The molecule has 0 unspecified atom stereocenters. The number of carboxylic acid groups (broad SMARTS) is 4. The number of para-hydroxylation sites is 2. The first-order valence-electron chi connectivity index (χ1n) is 36.4. The van der Waals surface area contributed by atoms with E-state index in [1.54, 1.807) is 24.3 Å². The fourth-order valence-electron chi connectivity index (χ4n) is 11.3. The lowest BCUT2D eigenvalue weighted by atomic mass is 9.96. The molecule has 1 aliphatic rings. The molecule has 2 aromatic rings. The Hall–Kier alpha value is -12.4. The van der Waals surface area contributed by atoms with Crippen molar-refractivity contribution in [2.24, 2.45) is 17.4 Å². The lowest BCUT2D eigenvalue weighted by Crippen LogP contribution is -2.62. The second-order valence-corrected chi connectivity index (χ2v) is 26.7. The number of ether oxygens (including phenoxy) is 2. The number of cyclic esters (lactones) is 1. The number of nitrogens with one attached hydrogen (secondary N) is 13. The molecule has 3 rings (SSSR count). The van der Waals surface area contributed by atoms with Gasteiger partial charge in [0.15, 0.2) is 5.78 Å². The molecule has 43 heteroatoms. The molecule has 114 heavy (non-hydrogen) atoms. The number of aliphatic carboxylic acids is 4. The summed E-state index contributed by atoms with van der Waals surface area (Å²) in [5.41, 5.74) is 17.3. The number of carbonyl (C=O) groups is 20. The molecule has 0 spiro atoms. The molecule has 628 valence electrons. The molecule has 1 aliphatic heterocycles. The number of carbonyl (C=O) groups excluding carboxylic acids is 16. The third-order valence-corrected chi connectivity index (χ3v) is 17.4. The molecule has 0 saturated carbocycles. The summed E-state index contributed by atoms with van der Waals surface area (Å²) < 4.78 is 11.1. The lowest BCUT2D eigenvalue weighted by Gasteiger charge is -2.30. The third-order valence-electron chi connectivity index (χ3n) is 17.4. The third kappa shape index (κ3) is 34.0. The Morgan fingerprint density at radius 1 is 0.553 bits per heavy atom. The number of esters is 1. The Labute approximate surface area is 653 Å². The zero-order valence-corrected chi connectivity index (χ0v) is 63.4. The van der Waals surface area contributed by atoms with E-state index in [9.17, 15) is 121 Å². The van der Waals surface area contributed by atoms with Crippen LogP contribution in [-0.2, 0) is 102 Å². The molecule has 0 radical (unpaired) electrons. The van der Waals surface area contributed by atoms with E-state index < -0.39 is 261 Å². The van der Waals surface area contributed by atoms with Crippen molar-refractivity contribution in [3.63, 3.8) is 0 Å². The highest BCUT2D eigenvalue weighted by Crippen LogP contribution is 2.21. The fraction of sp³-hybridized carbons (Fsp3) is 0.549. The van der Waals surface area contributed by atoms with Gasteiger partial charge in [0.1, 0.15) is 78.3 Å². The van der Waals surface area contributed by atoms with Gasteiger partial charge in [-0.3, -0.25) is 91.1 Å². The molecule has 13 atom stereocenters. The molecule has 0 aromatic heterocycles. The minimum Gasteiger partial charge on any atom is -0.496 e. The van der Waals surface area contributed by atoms with E-state index >= 15 is 0 Å². The molecule has 0 aliphatic carbocycles. The monoisotopic (exact) mass is 1610 g/mol. The Morgan fingerprint density at radius 2 is 1.08 bits per heavy atom. The second-order valence-electron chi connectivity index (χ2n) is 26.7. The van der Waals surface area contributed by atoms with Gasteiger partial charge in [0.05, 0.1) is 58.9 Å². The lowest BCUT2D eigenvalue weighted by molar-refractivity contribution is -0.156. The summed E-state index contributed by atoms with van der Waals surface area (Å²) in [5, 5.41) is 77.8. The number of rotatable bonds is 36. The molecule has 14 amide bonds. The van der Waals surface area contributed by atoms with Crippen LogP contribution in [0.2, 0.25) is 0 Å². The van der Waals surface area contributed by atoms with Gasteiger partial charge in [-0.1, -0.05) is 82.7 Å². The van der Waals surface area contributed by atoms with Gasteiger partial charge in [-0.2, -0.15) is 0 Å². The summed E-state index contributed by atoms with van der Waals surface area (Å²) in [4.78, 5) is 273. The number of ketones is 1. The SMILES string of the molecule is CCCCCCCCCC(=O)N[C@@H](Cc1ccccc1OC)C(=O)N[C@@H](CC(N)=O)C(=O)N[C@@H](CC(=O)O)C(=O)N[C@@H]1C(=O)NCC(=O)N[C@@H](CCCN)C(=O)N[C@@H](CC(=O)O)C(=O)N[C@H](C)C(=O)N[C@@H](CC(=O)O)C(=O)NCC(=O)N[C@H](CO)C(=O)N[C@@H]([C@@H](C)CC(=O)O)C(=O)N[C@@H](CC(=O)c2ccccc2N)C(=O)O[C@@H]1C. The van der Waals surface area contributed by atoms with E-state index in [0.29, 0.717) is 18.4 Å². The predicted molar refractivity (Wildman–Crippen MR) is 395 cm³/mol. The van der Waals surface area contributed by atoms with Crippen LogP contribution in [0.25, 0.3) is 0 Å². The summed E-state index contributed by atoms with van der Waals surface area (Å²) >= 11 is 0. The second kappa shape index (κ2) is 49.0. The van der Waals surface area contributed by atoms with Crippen molar-refractivity contribution in [3.05, 3.63) is 59.7 Å². The van der Waals surface area contributed by atoms with E-state index in [1.807, 2.05) is 16.0 Å². The molecule has 24 N–H and O–H groups in total. The van der Waals surface area contributed by atoms with Crippen LogP contribution in [-0.4, -0.2) is 250 Å². The predicted octanol–water partition coefficient (Wildman–Crippen LogP) is -6.09. The number of aliphatic hydroxyl groups is 1. The van der Waals surface area contributed by atoms with Gasteiger partial charge >= 0.3 is 29.8 Å². The fourth-order valence-corrected chi connectivity index (χ4v) is 11.3. The molecule has 1 heterocycles. The molecule has 2 aromatic carbocycles. The van der Waals surface area contributed by atoms with Crippen LogP contribution in [0.1, 0.15) is 146 Å². The van der Waals surface area contributed by atoms with Gasteiger partial charge in [0.25, 0.3) is 0 Å². The minimum absolute atomic E-state index is 0.0344. The number of benzene rings is 2. The number of nitrogen functional groups attached to an aromatic ring is 1. The van der Waals surface area contributed by atoms with Gasteiger partial charge in [-0.15, -0.1) is 0 Å². The van der Waals surface area contributed by atoms with Crippen molar-refractivity contribution in [2.75, 3.05) is 39.1 Å². The number of methoxy groups -OCH3 is 1. The molecular formula is C71H102N16O27. The van der Waals surface area contributed by atoms with Crippen molar-refractivity contribution >= 4 is 124 Å². The van der Waals surface area contributed by atoms with E-state index in [0.717, 1.165) is 52.9 Å². The first kappa shape index (κ1) is 95.8. The van der Waals surface area contributed by atoms with Gasteiger partial charge in [-0.05, 0) is 69.3 Å². The maximum Gasteiger partial charge on any atom is 0.329 e. The Kier molecular flexibility index (Phi) is 41.2. The summed E-state index contributed by atoms with van der Waals surface area (Å²) in [7, 11) is 1.34. The number of amides is 14. The number of hydrogen-bond donors (Lipinski definition) is 21. The zero-order chi connectivity index (χ0) is 85.5. The number of hydrogen-bond acceptors (Lipinski definition) is 25. The quantitative estimate of drug-likeness (QED) is 0.0131. The topological polar surface area (TPSA) is 695 Å². The standard InChI is InChI=1S/C71H102N16O27/c1-6-7-8-9-10-11-12-23-52(91)79-42(26-38-18-13-16-22-50(38)113-5)65(106)82-43(28-51(74)90)66(107)84-46(31-58(100)101)67(108)87-60-37(4)114-71(112)47(27-49(89)39-19-14-15-20-40(39)73)85-70(111)59(35(2)25-55(94)95)86-68(109)48(34-88)80-54(93)32-75-62(103)44(29-56(96)97)81-61(102)36(3)77-64(105)45(30-57(98)99)83-63(104)41(21-17-24-72)78-53(92)33-76-69(60)110/h13-16,18-20,22,35-37,41-48,59-60,88H,6-12,17,21,23-34,72-73H2,1-5H3,(H2,74,90)(H,75,103)(H,76,110)(H,77,105)(H,78,92)(H,79,91)(H,80,93)(H,81,102)(H,82,106)(H,83,104)(H,84,107)(H,85,111)(H,86,109)(H,87,108)(H,94,95)(H,96,97)(H,98,99)(H,100,101)/t35-,36+,37+,41-,42-,43-,44-,45-,46-,47-,48+,59-,60-/m0/s1. The average Bonchev–Trinajstić information content (AvgIpc) is 0.838. The van der Waals surface area contributed by atoms with Crippen LogP contribution in [0.15, 0.2) is 48.5 Å². The molecular weight excluding hydrogens is 1510 g/mol. The normalized spacial score (nSPS) is 21.2. The highest BCUT2D eigenvalue weighted by Gasteiger charge is 2.41. The van der Waals surface area contributed by atoms with Crippen molar-refractivity contribution in [2.45, 2.75) is 209 Å². The maximum atomic E-state index is 14.8. The summed E-state index contributed by atoms with van der Waals surface area (Å²) in [6, 6.07) is -11.2. The van der Waals surface area contributed by atoms with E-state index in [2.05, 4.69) is 60.1 Å². The zero-order valence-electron chi connectivity index (χ0n) is 63.4. The van der Waals surface area contributed by atoms with E-state index in [1.165, 1.54) is 31.4 Å². The first-order chi connectivity index (χ1) is 53.8. The largest absolute Gasteiger partial charge is 0.496 e. The van der Waals surface area contributed by atoms with Crippen molar-refractivity contribution in [1.29, 1.82) is 0 Å². The highest BCUT2D eigenvalue weighted by molar-refractivity contribution is 6.05. The summed E-state index contributed by atoms with van der Waals surface area (Å²) in [6.07, 6.45) is -4.08. The van der Waals surface area contributed by atoms with Gasteiger partial charge in [0, 0.05) is 30.5 Å². The number of aliphatic hydroxyl groups excluding tert-OH is 1. The van der Waals surface area contributed by atoms with Crippen LogP contribution in [0.3, 0.4) is 0 Å². The molecule has 1 saturated heterocycles. The minimum atomic E-state index is -2.45. The van der Waals surface area contributed by atoms with Crippen LogP contribution in [0.4, 0.5) is 5.69 Å². The Balaban J connectivity index is 2.30. The Morgan fingerprint density at radius 3 is 1.66 bits per heavy atom. The highest BCUT2D eigenvalue weighted by atomic mass is 16.5. The average molecular weight is 1610 g/mol. The van der Waals surface area contributed by atoms with E-state index in [-0.39, 0.29) is 42.8 Å². The number of primary amides is 1. The number of carboxylic acids is 4.